The quantitative estimate of drug-likeness (QED) is 0.758. The van der Waals surface area contributed by atoms with Gasteiger partial charge in [-0.3, -0.25) is 0 Å². The molecule has 2 aromatic carbocycles. The predicted octanol–water partition coefficient (Wildman–Crippen LogP) is 5.09. The van der Waals surface area contributed by atoms with Crippen molar-refractivity contribution >= 4 is 10.8 Å². The normalized spacial score (nSPS) is 11.2. The molecule has 0 fully saturated rings. The second-order valence-corrected chi connectivity index (χ2v) is 4.97. The molecule has 0 amide bonds. The van der Waals surface area contributed by atoms with Crippen LogP contribution in [-0.4, -0.2) is 5.11 Å². The van der Waals surface area contributed by atoms with Gasteiger partial charge in [0.05, 0.1) is 0 Å². The number of fused-ring (bicyclic) bond motifs is 1. The van der Waals surface area contributed by atoms with E-state index >= 15 is 0 Å². The average molecular weight is 282 g/mol. The highest BCUT2D eigenvalue weighted by Gasteiger charge is 2.16. The highest BCUT2D eigenvalue weighted by Crippen LogP contribution is 2.31. The number of hydrogen-bond acceptors (Lipinski definition) is 1. The van der Waals surface area contributed by atoms with Gasteiger partial charge in [-0.15, -0.1) is 0 Å². The molecular formula is C16H17F3O. The van der Waals surface area contributed by atoms with Crippen molar-refractivity contribution in [2.24, 2.45) is 0 Å². The lowest BCUT2D eigenvalue weighted by Gasteiger charge is -2.09. The van der Waals surface area contributed by atoms with E-state index in [0.29, 0.717) is 12.0 Å². The van der Waals surface area contributed by atoms with Crippen LogP contribution in [0.1, 0.15) is 38.2 Å². The van der Waals surface area contributed by atoms with Crippen LogP contribution in [0.5, 0.6) is 5.75 Å². The van der Waals surface area contributed by atoms with Gasteiger partial charge in [-0.2, -0.15) is 0 Å². The van der Waals surface area contributed by atoms with Gasteiger partial charge in [-0.05, 0) is 24.5 Å². The number of halogens is 3. The van der Waals surface area contributed by atoms with Gasteiger partial charge in [-0.1, -0.05) is 38.3 Å². The fraction of sp³-hybridized carbons (Fsp3) is 0.375. The number of hydrogen-bond donors (Lipinski definition) is 1. The highest BCUT2D eigenvalue weighted by atomic mass is 19.1. The lowest BCUT2D eigenvalue weighted by atomic mass is 10.0. The average Bonchev–Trinajstić information content (AvgIpc) is 2.44. The Labute approximate surface area is 116 Å². The van der Waals surface area contributed by atoms with Gasteiger partial charge in [-0.25, -0.2) is 13.2 Å². The number of aryl methyl sites for hydroxylation is 1. The van der Waals surface area contributed by atoms with Crippen LogP contribution in [0.15, 0.2) is 18.2 Å². The van der Waals surface area contributed by atoms with Gasteiger partial charge in [0, 0.05) is 10.8 Å². The molecule has 1 nitrogen and oxygen atoms in total. The summed E-state index contributed by atoms with van der Waals surface area (Å²) in [5.41, 5.74) is 0.457. The zero-order valence-corrected chi connectivity index (χ0v) is 11.3. The Kier molecular flexibility index (Phi) is 4.53. The van der Waals surface area contributed by atoms with Crippen molar-refractivity contribution in [2.45, 2.75) is 39.0 Å². The van der Waals surface area contributed by atoms with Crippen LogP contribution in [0.25, 0.3) is 10.8 Å². The van der Waals surface area contributed by atoms with Crippen molar-refractivity contribution in [3.63, 3.8) is 0 Å². The van der Waals surface area contributed by atoms with E-state index in [4.69, 9.17) is 0 Å². The number of unbranched alkanes of at least 4 members (excludes halogenated alkanes) is 3. The molecule has 0 heterocycles. The number of phenolic OH excluding ortho intramolecular Hbond substituents is 1. The molecule has 4 heteroatoms. The van der Waals surface area contributed by atoms with Crippen LogP contribution in [0.3, 0.4) is 0 Å². The molecule has 20 heavy (non-hydrogen) atoms. The first kappa shape index (κ1) is 14.7. The summed E-state index contributed by atoms with van der Waals surface area (Å²) >= 11 is 0. The monoisotopic (exact) mass is 282 g/mol. The molecule has 0 saturated carbocycles. The van der Waals surface area contributed by atoms with Crippen LogP contribution in [0.4, 0.5) is 13.2 Å². The van der Waals surface area contributed by atoms with Gasteiger partial charge in [0.25, 0.3) is 0 Å². The SMILES string of the molecule is CCCCCCc1ccc2c(F)c(O)c(F)cc2c1F. The van der Waals surface area contributed by atoms with Crippen LogP contribution in [-0.2, 0) is 6.42 Å². The Balaban J connectivity index is 2.36. The maximum Gasteiger partial charge on any atom is 0.188 e. The van der Waals surface area contributed by atoms with E-state index in [2.05, 4.69) is 6.92 Å². The van der Waals surface area contributed by atoms with Crippen LogP contribution < -0.4 is 0 Å². The third-order valence-electron chi connectivity index (χ3n) is 3.50. The topological polar surface area (TPSA) is 20.2 Å². The van der Waals surface area contributed by atoms with Crippen molar-refractivity contribution in [1.82, 2.24) is 0 Å². The van der Waals surface area contributed by atoms with E-state index in [0.717, 1.165) is 31.7 Å². The number of aromatic hydroxyl groups is 1. The summed E-state index contributed by atoms with van der Waals surface area (Å²) in [4.78, 5) is 0. The Morgan fingerprint density at radius 1 is 0.950 bits per heavy atom. The highest BCUT2D eigenvalue weighted by molar-refractivity contribution is 5.86. The minimum absolute atomic E-state index is 0.0984. The van der Waals surface area contributed by atoms with Gasteiger partial charge >= 0.3 is 0 Å². The Morgan fingerprint density at radius 3 is 2.40 bits per heavy atom. The largest absolute Gasteiger partial charge is 0.503 e. The number of benzene rings is 2. The van der Waals surface area contributed by atoms with Crippen LogP contribution in [0, 0.1) is 17.5 Å². The summed E-state index contributed by atoms with van der Waals surface area (Å²) in [5, 5.41) is 8.97. The van der Waals surface area contributed by atoms with Crippen molar-refractivity contribution < 1.29 is 18.3 Å². The first-order valence-corrected chi connectivity index (χ1v) is 6.84. The third kappa shape index (κ3) is 2.74. The van der Waals surface area contributed by atoms with E-state index in [1.165, 1.54) is 12.1 Å². The van der Waals surface area contributed by atoms with Crippen molar-refractivity contribution in [3.8, 4) is 5.75 Å². The molecule has 2 aromatic rings. The summed E-state index contributed by atoms with van der Waals surface area (Å²) in [6, 6.07) is 3.74. The zero-order valence-electron chi connectivity index (χ0n) is 11.3. The van der Waals surface area contributed by atoms with E-state index in [9.17, 15) is 18.3 Å². The molecule has 0 bridgehead atoms. The molecular weight excluding hydrogens is 265 g/mol. The minimum Gasteiger partial charge on any atom is -0.503 e. The molecule has 0 aliphatic heterocycles. The third-order valence-corrected chi connectivity index (χ3v) is 3.50. The number of rotatable bonds is 5. The van der Waals surface area contributed by atoms with Gasteiger partial charge < -0.3 is 5.11 Å². The van der Waals surface area contributed by atoms with Crippen molar-refractivity contribution in [1.29, 1.82) is 0 Å². The molecule has 0 aliphatic carbocycles. The molecule has 1 N–H and O–H groups in total. The Hall–Kier alpha value is -1.71. The van der Waals surface area contributed by atoms with E-state index < -0.39 is 23.2 Å². The lowest BCUT2D eigenvalue weighted by molar-refractivity contribution is 0.399. The second-order valence-electron chi connectivity index (χ2n) is 4.97. The minimum atomic E-state index is -1.14. The van der Waals surface area contributed by atoms with E-state index in [-0.39, 0.29) is 10.8 Å². The molecule has 108 valence electrons. The molecule has 0 saturated heterocycles. The molecule has 2 rings (SSSR count). The standard InChI is InChI=1S/C16H17F3O/c1-2-3-4-5-6-10-7-8-11-12(14(10)18)9-13(17)16(20)15(11)19/h7-9,20H,2-6H2,1H3. The smallest absolute Gasteiger partial charge is 0.188 e. The van der Waals surface area contributed by atoms with Gasteiger partial charge in [0.2, 0.25) is 0 Å². The van der Waals surface area contributed by atoms with Gasteiger partial charge in [0.15, 0.2) is 17.4 Å². The summed E-state index contributed by atoms with van der Waals surface area (Å²) in [5.74, 6) is -3.92. The second kappa shape index (κ2) is 6.16. The molecule has 0 radical (unpaired) electrons. The maximum absolute atomic E-state index is 14.3. The maximum atomic E-state index is 14.3. The Bertz CT molecular complexity index is 623. The zero-order chi connectivity index (χ0) is 14.7. The molecule has 0 aliphatic rings. The van der Waals surface area contributed by atoms with E-state index in [1.54, 1.807) is 0 Å². The lowest BCUT2D eigenvalue weighted by Crippen LogP contribution is -1.95. The molecule has 0 atom stereocenters. The molecule has 0 unspecified atom stereocenters. The fourth-order valence-electron chi connectivity index (χ4n) is 2.33. The Morgan fingerprint density at radius 2 is 1.70 bits per heavy atom. The summed E-state index contributed by atoms with van der Waals surface area (Å²) in [7, 11) is 0. The van der Waals surface area contributed by atoms with E-state index in [1.807, 2.05) is 0 Å². The first-order valence-electron chi connectivity index (χ1n) is 6.84. The summed E-state index contributed by atoms with van der Waals surface area (Å²) < 4.78 is 41.2. The van der Waals surface area contributed by atoms with Gasteiger partial charge in [0.1, 0.15) is 5.82 Å². The number of phenols is 1. The van der Waals surface area contributed by atoms with Crippen LogP contribution >= 0.6 is 0 Å². The summed E-state index contributed by atoms with van der Waals surface area (Å²) in [6.07, 6.45) is 4.58. The fourth-order valence-corrected chi connectivity index (χ4v) is 2.33. The van der Waals surface area contributed by atoms with Crippen LogP contribution in [0.2, 0.25) is 0 Å². The summed E-state index contributed by atoms with van der Waals surface area (Å²) in [6.45, 7) is 2.09. The van der Waals surface area contributed by atoms with Crippen molar-refractivity contribution in [3.05, 3.63) is 41.2 Å². The van der Waals surface area contributed by atoms with Crippen molar-refractivity contribution in [2.75, 3.05) is 0 Å². The molecule has 0 aromatic heterocycles. The predicted molar refractivity (Wildman–Crippen MR) is 73.3 cm³/mol. The first-order chi connectivity index (χ1) is 9.56. The molecule has 0 spiro atoms.